The molecule has 2 aliphatic rings. The van der Waals surface area contributed by atoms with Crippen LogP contribution in [0.2, 0.25) is 0 Å². The molecule has 1 unspecified atom stereocenters. The van der Waals surface area contributed by atoms with Crippen LogP contribution in [0.3, 0.4) is 0 Å². The maximum absolute atomic E-state index is 5.20. The SMILES string of the molecule is COc1ccc(CN2CCC3CCCC=C32)cc1.COc1ccccc1OC. The maximum atomic E-state index is 5.20. The summed E-state index contributed by atoms with van der Waals surface area (Å²) in [6.07, 6.45) is 7.85. The molecule has 0 N–H and O–H groups in total. The molecule has 0 radical (unpaired) electrons. The lowest BCUT2D eigenvalue weighted by molar-refractivity contribution is 0.355. The van der Waals surface area contributed by atoms with Gasteiger partial charge in [-0.15, -0.1) is 0 Å². The molecule has 28 heavy (non-hydrogen) atoms. The van der Waals surface area contributed by atoms with Crippen LogP contribution in [-0.2, 0) is 6.54 Å². The Balaban J connectivity index is 0.000000192. The molecule has 1 aliphatic heterocycles. The van der Waals surface area contributed by atoms with Crippen molar-refractivity contribution in [3.05, 3.63) is 65.9 Å². The van der Waals surface area contributed by atoms with Crippen molar-refractivity contribution in [2.24, 2.45) is 5.92 Å². The van der Waals surface area contributed by atoms with Crippen molar-refractivity contribution in [2.75, 3.05) is 27.9 Å². The summed E-state index contributed by atoms with van der Waals surface area (Å²) < 4.78 is 15.2. The third-order valence-corrected chi connectivity index (χ3v) is 5.46. The highest BCUT2D eigenvalue weighted by molar-refractivity contribution is 5.39. The molecule has 1 aliphatic carbocycles. The van der Waals surface area contributed by atoms with E-state index in [4.69, 9.17) is 14.2 Å². The lowest BCUT2D eigenvalue weighted by Crippen LogP contribution is -2.19. The fourth-order valence-electron chi connectivity index (χ4n) is 3.96. The Kier molecular flexibility index (Phi) is 7.24. The van der Waals surface area contributed by atoms with Crippen LogP contribution in [0.1, 0.15) is 31.2 Å². The largest absolute Gasteiger partial charge is 0.497 e. The molecular formula is C24H31NO3. The second kappa shape index (κ2) is 10.1. The molecule has 0 aromatic heterocycles. The van der Waals surface area contributed by atoms with E-state index >= 15 is 0 Å². The molecule has 0 spiro atoms. The Labute approximate surface area is 168 Å². The summed E-state index contributed by atoms with van der Waals surface area (Å²) in [4.78, 5) is 2.56. The molecule has 2 aromatic carbocycles. The van der Waals surface area contributed by atoms with E-state index in [1.54, 1.807) is 27.0 Å². The Morgan fingerprint density at radius 2 is 1.54 bits per heavy atom. The van der Waals surface area contributed by atoms with Gasteiger partial charge in [-0.05, 0) is 55.5 Å². The van der Waals surface area contributed by atoms with Crippen molar-refractivity contribution in [1.82, 2.24) is 4.90 Å². The normalized spacial score (nSPS) is 17.8. The summed E-state index contributed by atoms with van der Waals surface area (Å²) in [5.41, 5.74) is 2.99. The molecule has 0 amide bonds. The number of rotatable bonds is 5. The Morgan fingerprint density at radius 3 is 2.14 bits per heavy atom. The fraction of sp³-hybridized carbons (Fsp3) is 0.417. The number of para-hydroxylation sites is 2. The summed E-state index contributed by atoms with van der Waals surface area (Å²) in [7, 11) is 4.96. The highest BCUT2D eigenvalue weighted by Gasteiger charge is 2.28. The molecule has 4 rings (SSSR count). The lowest BCUT2D eigenvalue weighted by atomic mass is 9.92. The summed E-state index contributed by atoms with van der Waals surface area (Å²) in [5, 5.41) is 0. The monoisotopic (exact) mass is 381 g/mol. The van der Waals surface area contributed by atoms with E-state index < -0.39 is 0 Å². The van der Waals surface area contributed by atoms with Gasteiger partial charge in [0, 0.05) is 24.7 Å². The van der Waals surface area contributed by atoms with E-state index in [2.05, 4.69) is 35.2 Å². The predicted octanol–water partition coefficient (Wildman–Crippen LogP) is 5.29. The smallest absolute Gasteiger partial charge is 0.160 e. The standard InChI is InChI=1S/C16H21NO.C8H10O2/c1-18-15-8-6-13(7-9-15)12-17-11-10-14-4-2-3-5-16(14)17;1-9-7-5-3-4-6-8(7)10-2/h5-9,14H,2-4,10-12H2,1H3;3-6H,1-2H3. The van der Waals surface area contributed by atoms with E-state index in [1.165, 1.54) is 37.8 Å². The van der Waals surface area contributed by atoms with Crippen LogP contribution < -0.4 is 14.2 Å². The van der Waals surface area contributed by atoms with Crippen molar-refractivity contribution in [2.45, 2.75) is 32.2 Å². The van der Waals surface area contributed by atoms with Crippen LogP contribution in [0.25, 0.3) is 0 Å². The average molecular weight is 382 g/mol. The zero-order valence-electron chi connectivity index (χ0n) is 17.2. The van der Waals surface area contributed by atoms with Gasteiger partial charge in [0.25, 0.3) is 0 Å². The Morgan fingerprint density at radius 1 is 0.857 bits per heavy atom. The van der Waals surface area contributed by atoms with Gasteiger partial charge in [-0.2, -0.15) is 0 Å². The van der Waals surface area contributed by atoms with E-state index in [-0.39, 0.29) is 0 Å². The molecule has 4 nitrogen and oxygen atoms in total. The Bertz CT molecular complexity index is 747. The van der Waals surface area contributed by atoms with E-state index in [0.29, 0.717) is 0 Å². The minimum absolute atomic E-state index is 0.769. The van der Waals surface area contributed by atoms with Crippen molar-refractivity contribution in [3.8, 4) is 17.2 Å². The molecular weight excluding hydrogens is 350 g/mol. The van der Waals surface area contributed by atoms with Crippen LogP contribution in [0, 0.1) is 5.92 Å². The second-order valence-electron chi connectivity index (χ2n) is 7.17. The van der Waals surface area contributed by atoms with Gasteiger partial charge < -0.3 is 19.1 Å². The number of allylic oxidation sites excluding steroid dienone is 2. The van der Waals surface area contributed by atoms with Crippen LogP contribution in [0.15, 0.2) is 60.3 Å². The molecule has 1 fully saturated rings. The van der Waals surface area contributed by atoms with Crippen LogP contribution in [0.4, 0.5) is 0 Å². The maximum Gasteiger partial charge on any atom is 0.160 e. The first kappa shape index (κ1) is 20.1. The molecule has 1 saturated heterocycles. The van der Waals surface area contributed by atoms with Crippen LogP contribution >= 0.6 is 0 Å². The minimum Gasteiger partial charge on any atom is -0.497 e. The van der Waals surface area contributed by atoms with Gasteiger partial charge in [-0.3, -0.25) is 0 Å². The van der Waals surface area contributed by atoms with Gasteiger partial charge in [-0.25, -0.2) is 0 Å². The van der Waals surface area contributed by atoms with Gasteiger partial charge in [-0.1, -0.05) is 30.3 Å². The van der Waals surface area contributed by atoms with Crippen molar-refractivity contribution in [3.63, 3.8) is 0 Å². The number of ether oxygens (including phenoxy) is 3. The number of hydrogen-bond donors (Lipinski definition) is 0. The lowest BCUT2D eigenvalue weighted by Gasteiger charge is -2.25. The third kappa shape index (κ3) is 5.00. The first-order valence-corrected chi connectivity index (χ1v) is 10.00. The molecule has 1 atom stereocenters. The molecule has 2 aromatic rings. The first-order chi connectivity index (χ1) is 13.7. The third-order valence-electron chi connectivity index (χ3n) is 5.46. The van der Waals surface area contributed by atoms with Gasteiger partial charge >= 0.3 is 0 Å². The van der Waals surface area contributed by atoms with E-state index in [1.807, 2.05) is 24.3 Å². The van der Waals surface area contributed by atoms with Crippen LogP contribution in [-0.4, -0.2) is 32.8 Å². The highest BCUT2D eigenvalue weighted by Crippen LogP contribution is 2.36. The van der Waals surface area contributed by atoms with Crippen molar-refractivity contribution >= 4 is 0 Å². The summed E-state index contributed by atoms with van der Waals surface area (Å²) in [6.45, 7) is 2.27. The number of benzene rings is 2. The van der Waals surface area contributed by atoms with Gasteiger partial charge in [0.05, 0.1) is 21.3 Å². The molecule has 0 saturated carbocycles. The first-order valence-electron chi connectivity index (χ1n) is 10.00. The van der Waals surface area contributed by atoms with Crippen LogP contribution in [0.5, 0.6) is 17.2 Å². The number of likely N-dealkylation sites (tertiary alicyclic amines) is 1. The summed E-state index contributed by atoms with van der Waals surface area (Å²) in [6, 6.07) is 16.0. The quantitative estimate of drug-likeness (QED) is 0.704. The molecule has 1 heterocycles. The van der Waals surface area contributed by atoms with Crippen molar-refractivity contribution < 1.29 is 14.2 Å². The number of hydrogen-bond acceptors (Lipinski definition) is 4. The predicted molar refractivity (Wildman–Crippen MR) is 113 cm³/mol. The van der Waals surface area contributed by atoms with Crippen molar-refractivity contribution in [1.29, 1.82) is 0 Å². The van der Waals surface area contributed by atoms with E-state index in [0.717, 1.165) is 29.7 Å². The molecule has 4 heteroatoms. The van der Waals surface area contributed by atoms with E-state index in [9.17, 15) is 0 Å². The Hall–Kier alpha value is -2.62. The number of fused-ring (bicyclic) bond motifs is 1. The van der Waals surface area contributed by atoms with Gasteiger partial charge in [0.2, 0.25) is 0 Å². The number of nitrogens with zero attached hydrogens (tertiary/aromatic N) is 1. The molecule has 150 valence electrons. The average Bonchev–Trinajstić information content (AvgIpc) is 3.17. The molecule has 0 bridgehead atoms. The summed E-state index contributed by atoms with van der Waals surface area (Å²) in [5.74, 6) is 3.32. The second-order valence-corrected chi connectivity index (χ2v) is 7.17. The van der Waals surface area contributed by atoms with Gasteiger partial charge in [0.1, 0.15) is 5.75 Å². The fourth-order valence-corrected chi connectivity index (χ4v) is 3.96. The summed E-state index contributed by atoms with van der Waals surface area (Å²) >= 11 is 0. The van der Waals surface area contributed by atoms with Gasteiger partial charge in [0.15, 0.2) is 11.5 Å². The zero-order chi connectivity index (χ0) is 19.8. The highest BCUT2D eigenvalue weighted by atomic mass is 16.5. The zero-order valence-corrected chi connectivity index (χ0v) is 17.2. The minimum atomic E-state index is 0.769. The number of methoxy groups -OCH3 is 3. The topological polar surface area (TPSA) is 30.9 Å².